The standard InChI is InChI=1S/C20H30Te/c1-6-7-13-21-14-10-16-8-9-17-18(15-16)20(4,5)12-11-19(17,2)3/h8-10,14-15H,6-7,11-13H2,1-5H3/b14-10-. The molecule has 0 bridgehead atoms. The predicted octanol–water partition coefficient (Wildman–Crippen LogP) is 5.93. The van der Waals surface area contributed by atoms with Gasteiger partial charge in [0, 0.05) is 0 Å². The maximum atomic E-state index is 2.48. The van der Waals surface area contributed by atoms with Crippen molar-refractivity contribution in [2.45, 2.75) is 75.6 Å². The Hall–Kier alpha value is -0.250. The summed E-state index contributed by atoms with van der Waals surface area (Å²) in [6, 6.07) is 7.17. The van der Waals surface area contributed by atoms with Gasteiger partial charge in [-0.15, -0.1) is 0 Å². The Kier molecular flexibility index (Phi) is 5.61. The number of fused-ring (bicyclic) bond motifs is 1. The quantitative estimate of drug-likeness (QED) is 0.426. The fourth-order valence-corrected chi connectivity index (χ4v) is 5.54. The Bertz CT molecular complexity index is 509. The molecule has 0 N–H and O–H groups in total. The molecule has 1 aliphatic rings. The second kappa shape index (κ2) is 6.89. The van der Waals surface area contributed by atoms with Crippen molar-refractivity contribution in [1.82, 2.24) is 0 Å². The van der Waals surface area contributed by atoms with Gasteiger partial charge in [-0.3, -0.25) is 0 Å². The molecule has 1 heteroatoms. The zero-order valence-corrected chi connectivity index (χ0v) is 16.7. The topological polar surface area (TPSA) is 0 Å². The third-order valence-corrected chi connectivity index (χ3v) is 7.28. The third-order valence-electron chi connectivity index (χ3n) is 4.85. The van der Waals surface area contributed by atoms with E-state index in [9.17, 15) is 0 Å². The molecule has 0 aromatic heterocycles. The van der Waals surface area contributed by atoms with Gasteiger partial charge >= 0.3 is 142 Å². The molecule has 21 heavy (non-hydrogen) atoms. The van der Waals surface area contributed by atoms with Gasteiger partial charge in [0.2, 0.25) is 0 Å². The fourth-order valence-electron chi connectivity index (χ4n) is 3.13. The zero-order chi connectivity index (χ0) is 15.5. The average molecular weight is 398 g/mol. The van der Waals surface area contributed by atoms with Crippen LogP contribution in [0, 0.1) is 0 Å². The molecule has 2 rings (SSSR count). The first-order valence-electron chi connectivity index (χ1n) is 8.30. The van der Waals surface area contributed by atoms with E-state index in [0.717, 1.165) is 0 Å². The van der Waals surface area contributed by atoms with Crippen LogP contribution in [0.2, 0.25) is 4.47 Å². The molecule has 0 saturated heterocycles. The van der Waals surface area contributed by atoms with Gasteiger partial charge in [-0.2, -0.15) is 0 Å². The average Bonchev–Trinajstić information content (AvgIpc) is 2.44. The van der Waals surface area contributed by atoms with Crippen LogP contribution < -0.4 is 0 Å². The Balaban J connectivity index is 2.21. The second-order valence-corrected chi connectivity index (χ2v) is 10.5. The molecule has 0 unspecified atom stereocenters. The van der Waals surface area contributed by atoms with E-state index < -0.39 is 0 Å². The summed E-state index contributed by atoms with van der Waals surface area (Å²) in [5, 5.41) is 0. The van der Waals surface area contributed by atoms with Crippen LogP contribution in [0.5, 0.6) is 0 Å². The van der Waals surface area contributed by atoms with Gasteiger partial charge in [-0.1, -0.05) is 0 Å². The van der Waals surface area contributed by atoms with Crippen LogP contribution in [0.1, 0.15) is 77.0 Å². The molecule has 0 fully saturated rings. The van der Waals surface area contributed by atoms with E-state index in [1.165, 1.54) is 35.7 Å². The van der Waals surface area contributed by atoms with Crippen molar-refractivity contribution >= 4 is 27.0 Å². The minimum absolute atomic E-state index is 0.0833. The summed E-state index contributed by atoms with van der Waals surface area (Å²) < 4.78 is 3.92. The molecule has 1 aromatic rings. The molecule has 0 heterocycles. The van der Waals surface area contributed by atoms with Crippen LogP contribution in [-0.2, 0) is 10.8 Å². The van der Waals surface area contributed by atoms with Gasteiger partial charge in [-0.25, -0.2) is 0 Å². The summed E-state index contributed by atoms with van der Waals surface area (Å²) in [4.78, 5) is 0. The molecular weight excluding hydrogens is 368 g/mol. The predicted molar refractivity (Wildman–Crippen MR) is 96.2 cm³/mol. The van der Waals surface area contributed by atoms with Crippen LogP contribution in [0.25, 0.3) is 6.08 Å². The van der Waals surface area contributed by atoms with Gasteiger partial charge in [0.1, 0.15) is 0 Å². The number of hydrogen-bond donors (Lipinski definition) is 0. The summed E-state index contributed by atoms with van der Waals surface area (Å²) in [5.41, 5.74) is 5.21. The van der Waals surface area contributed by atoms with Crippen LogP contribution in [0.4, 0.5) is 0 Å². The normalized spacial score (nSPS) is 19.7. The number of benzene rings is 1. The first kappa shape index (κ1) is 17.1. The van der Waals surface area contributed by atoms with Gasteiger partial charge in [0.15, 0.2) is 0 Å². The zero-order valence-electron chi connectivity index (χ0n) is 14.3. The second-order valence-electron chi connectivity index (χ2n) is 7.60. The van der Waals surface area contributed by atoms with Gasteiger partial charge in [0.25, 0.3) is 0 Å². The minimum atomic E-state index is 0.0833. The summed E-state index contributed by atoms with van der Waals surface area (Å²) >= 11 is 0.0833. The van der Waals surface area contributed by atoms with E-state index in [-0.39, 0.29) is 20.9 Å². The molecule has 0 radical (unpaired) electrons. The van der Waals surface area contributed by atoms with E-state index in [0.29, 0.717) is 10.8 Å². The molecular formula is C20H30Te. The monoisotopic (exact) mass is 400 g/mol. The maximum absolute atomic E-state index is 2.48. The van der Waals surface area contributed by atoms with Crippen LogP contribution in [-0.4, -0.2) is 20.9 Å². The summed E-state index contributed by atoms with van der Waals surface area (Å²) in [6.07, 6.45) is 7.70. The first-order valence-corrected chi connectivity index (χ1v) is 11.3. The summed E-state index contributed by atoms with van der Waals surface area (Å²) in [7, 11) is 0. The Morgan fingerprint density at radius 2 is 1.71 bits per heavy atom. The Morgan fingerprint density at radius 1 is 1.05 bits per heavy atom. The number of unbranched alkanes of at least 4 members (excludes halogenated alkanes) is 1. The molecule has 0 spiro atoms. The fraction of sp³-hybridized carbons (Fsp3) is 0.600. The van der Waals surface area contributed by atoms with Crippen LogP contribution in [0.15, 0.2) is 22.3 Å². The van der Waals surface area contributed by atoms with E-state index in [1.807, 2.05) is 0 Å². The van der Waals surface area contributed by atoms with Crippen molar-refractivity contribution in [3.8, 4) is 0 Å². The number of rotatable bonds is 5. The molecule has 0 amide bonds. The molecule has 0 aliphatic heterocycles. The van der Waals surface area contributed by atoms with Crippen molar-refractivity contribution in [1.29, 1.82) is 0 Å². The van der Waals surface area contributed by atoms with Gasteiger partial charge in [0.05, 0.1) is 0 Å². The van der Waals surface area contributed by atoms with Gasteiger partial charge < -0.3 is 0 Å². The van der Waals surface area contributed by atoms with Crippen molar-refractivity contribution in [2.24, 2.45) is 0 Å². The Morgan fingerprint density at radius 3 is 2.38 bits per heavy atom. The van der Waals surface area contributed by atoms with E-state index in [4.69, 9.17) is 0 Å². The van der Waals surface area contributed by atoms with Crippen molar-refractivity contribution in [3.63, 3.8) is 0 Å². The molecule has 116 valence electrons. The Labute approximate surface area is 141 Å². The van der Waals surface area contributed by atoms with Gasteiger partial charge in [-0.05, 0) is 0 Å². The molecule has 1 aromatic carbocycles. The molecule has 0 nitrogen and oxygen atoms in total. The SMILES string of the molecule is CCCC[Te]/C=C\c1ccc2c(c1)C(C)(C)CCC2(C)C. The van der Waals surface area contributed by atoms with E-state index in [1.54, 1.807) is 11.1 Å². The van der Waals surface area contributed by atoms with E-state index in [2.05, 4.69) is 63.0 Å². The summed E-state index contributed by atoms with van der Waals surface area (Å²) in [5.74, 6) is 0. The summed E-state index contributed by atoms with van der Waals surface area (Å²) in [6.45, 7) is 11.9. The number of hydrogen-bond acceptors (Lipinski definition) is 0. The van der Waals surface area contributed by atoms with E-state index >= 15 is 0 Å². The molecule has 0 saturated carbocycles. The van der Waals surface area contributed by atoms with Crippen molar-refractivity contribution in [2.75, 3.05) is 0 Å². The first-order chi connectivity index (χ1) is 9.87. The molecule has 1 aliphatic carbocycles. The third kappa shape index (κ3) is 4.14. The van der Waals surface area contributed by atoms with Crippen molar-refractivity contribution < 1.29 is 0 Å². The molecule has 0 atom stereocenters. The van der Waals surface area contributed by atoms with Crippen LogP contribution in [0.3, 0.4) is 0 Å². The van der Waals surface area contributed by atoms with Crippen LogP contribution >= 0.6 is 0 Å². The van der Waals surface area contributed by atoms with Crippen molar-refractivity contribution in [3.05, 3.63) is 39.0 Å².